The maximum absolute atomic E-state index is 12.6. The summed E-state index contributed by atoms with van der Waals surface area (Å²) in [6.45, 7) is 0.00110. The Labute approximate surface area is 136 Å². The first-order valence-electron chi connectivity index (χ1n) is 6.84. The van der Waals surface area contributed by atoms with Gasteiger partial charge in [0.05, 0.1) is 24.8 Å². The largest absolute Gasteiger partial charge is 0.481 e. The first kappa shape index (κ1) is 17.3. The van der Waals surface area contributed by atoms with Crippen LogP contribution in [0.2, 0.25) is 0 Å². The third-order valence-electron chi connectivity index (χ3n) is 2.97. The average molecular weight is 334 g/mol. The molecule has 2 aromatic rings. The van der Waals surface area contributed by atoms with E-state index in [0.717, 1.165) is 12.1 Å². The number of halogens is 3. The van der Waals surface area contributed by atoms with E-state index < -0.39 is 11.7 Å². The molecule has 1 amide bonds. The summed E-state index contributed by atoms with van der Waals surface area (Å²) >= 11 is 0. The van der Waals surface area contributed by atoms with Crippen molar-refractivity contribution in [2.24, 2.45) is 0 Å². The smallest absolute Gasteiger partial charge is 0.416 e. The number of aromatic nitrogens is 1. The molecule has 124 valence electrons. The predicted molar refractivity (Wildman–Crippen MR) is 81.4 cm³/mol. The van der Waals surface area contributed by atoms with Crippen molar-refractivity contribution in [1.29, 1.82) is 0 Å². The van der Waals surface area contributed by atoms with Gasteiger partial charge < -0.3 is 10.1 Å². The van der Waals surface area contributed by atoms with E-state index in [0.29, 0.717) is 11.4 Å². The number of hydrogen-bond donors (Lipinski definition) is 1. The van der Waals surface area contributed by atoms with Gasteiger partial charge in [0.25, 0.3) is 5.91 Å². The molecule has 0 saturated heterocycles. The van der Waals surface area contributed by atoms with E-state index in [9.17, 15) is 18.0 Å². The predicted octanol–water partition coefficient (Wildman–Crippen LogP) is 2.89. The highest BCUT2D eigenvalue weighted by atomic mass is 19.4. The third-order valence-corrected chi connectivity index (χ3v) is 2.97. The molecular formula is C17H13F3N2O2. The lowest BCUT2D eigenvalue weighted by atomic mass is 10.1. The zero-order valence-corrected chi connectivity index (χ0v) is 12.6. The molecule has 1 heterocycles. The summed E-state index contributed by atoms with van der Waals surface area (Å²) in [5, 5.41) is 2.54. The van der Waals surface area contributed by atoms with Crippen LogP contribution in [0.3, 0.4) is 0 Å². The molecule has 0 radical (unpaired) electrons. The Morgan fingerprint density at radius 2 is 2.08 bits per heavy atom. The number of ether oxygens (including phenoxy) is 1. The molecule has 0 unspecified atom stereocenters. The van der Waals surface area contributed by atoms with E-state index >= 15 is 0 Å². The van der Waals surface area contributed by atoms with Gasteiger partial charge in [0.2, 0.25) is 5.88 Å². The number of methoxy groups -OCH3 is 1. The molecule has 1 aromatic carbocycles. The third kappa shape index (κ3) is 4.74. The topological polar surface area (TPSA) is 51.2 Å². The molecule has 0 bridgehead atoms. The van der Waals surface area contributed by atoms with Crippen molar-refractivity contribution in [3.8, 4) is 17.7 Å². The van der Waals surface area contributed by atoms with Gasteiger partial charge in [0.1, 0.15) is 0 Å². The van der Waals surface area contributed by atoms with Crippen LogP contribution in [0.25, 0.3) is 0 Å². The van der Waals surface area contributed by atoms with Crippen molar-refractivity contribution >= 4 is 5.91 Å². The maximum Gasteiger partial charge on any atom is 0.416 e. The summed E-state index contributed by atoms with van der Waals surface area (Å²) in [4.78, 5) is 15.7. The summed E-state index contributed by atoms with van der Waals surface area (Å²) in [6.07, 6.45) is -3.05. The molecule has 0 aliphatic carbocycles. The van der Waals surface area contributed by atoms with Crippen molar-refractivity contribution in [3.05, 3.63) is 59.3 Å². The summed E-state index contributed by atoms with van der Waals surface area (Å²) in [5.74, 6) is 5.19. The van der Waals surface area contributed by atoms with E-state index in [1.165, 1.54) is 25.4 Å². The van der Waals surface area contributed by atoms with Gasteiger partial charge in [0, 0.05) is 17.8 Å². The monoisotopic (exact) mass is 334 g/mol. The van der Waals surface area contributed by atoms with E-state index in [1.807, 2.05) is 0 Å². The van der Waals surface area contributed by atoms with Gasteiger partial charge in [-0.25, -0.2) is 4.98 Å². The van der Waals surface area contributed by atoms with Crippen LogP contribution in [-0.2, 0) is 6.18 Å². The minimum absolute atomic E-state index is 0.00110. The molecule has 1 aromatic heterocycles. The Morgan fingerprint density at radius 3 is 2.71 bits per heavy atom. The standard InChI is InChI=1S/C17H13F3N2O2/c1-24-15-8-7-13(11-22-15)16(23)21-9-3-5-12-4-2-6-14(10-12)17(18,19)20/h2,4,6-8,10-11H,9H2,1H3,(H,21,23). The fourth-order valence-electron chi connectivity index (χ4n) is 1.78. The van der Waals surface area contributed by atoms with Gasteiger partial charge in [-0.3, -0.25) is 4.79 Å². The number of pyridine rings is 1. The number of amides is 1. The molecular weight excluding hydrogens is 321 g/mol. The van der Waals surface area contributed by atoms with Crippen LogP contribution >= 0.6 is 0 Å². The molecule has 0 aliphatic rings. The Morgan fingerprint density at radius 1 is 1.29 bits per heavy atom. The van der Waals surface area contributed by atoms with E-state index in [4.69, 9.17) is 4.74 Å². The fourth-order valence-corrected chi connectivity index (χ4v) is 1.78. The fraction of sp³-hybridized carbons (Fsp3) is 0.176. The normalized spacial score (nSPS) is 10.5. The number of nitrogens with one attached hydrogen (secondary N) is 1. The lowest BCUT2D eigenvalue weighted by Gasteiger charge is -2.05. The number of carbonyl (C=O) groups excluding carboxylic acids is 1. The van der Waals surface area contributed by atoms with Crippen molar-refractivity contribution in [2.75, 3.05) is 13.7 Å². The van der Waals surface area contributed by atoms with Crippen LogP contribution in [0.4, 0.5) is 13.2 Å². The van der Waals surface area contributed by atoms with Gasteiger partial charge in [-0.1, -0.05) is 17.9 Å². The number of nitrogens with zero attached hydrogens (tertiary/aromatic N) is 1. The van der Waals surface area contributed by atoms with Crippen molar-refractivity contribution < 1.29 is 22.7 Å². The summed E-state index contributed by atoms with van der Waals surface area (Å²) < 4.78 is 42.6. The lowest BCUT2D eigenvalue weighted by Crippen LogP contribution is -2.23. The first-order valence-corrected chi connectivity index (χ1v) is 6.84. The molecule has 7 heteroatoms. The quantitative estimate of drug-likeness (QED) is 0.878. The van der Waals surface area contributed by atoms with Gasteiger partial charge in [-0.05, 0) is 24.3 Å². The Balaban J connectivity index is 1.95. The zero-order chi connectivity index (χ0) is 17.6. The van der Waals surface area contributed by atoms with Crippen LogP contribution < -0.4 is 10.1 Å². The molecule has 0 spiro atoms. The highest BCUT2D eigenvalue weighted by Crippen LogP contribution is 2.29. The van der Waals surface area contributed by atoms with Crippen LogP contribution in [0, 0.1) is 11.8 Å². The van der Waals surface area contributed by atoms with Crippen molar-refractivity contribution in [3.63, 3.8) is 0 Å². The second kappa shape index (κ2) is 7.51. The summed E-state index contributed by atoms with van der Waals surface area (Å²) in [7, 11) is 1.46. The SMILES string of the molecule is COc1ccc(C(=O)NCC#Cc2cccc(C(F)(F)F)c2)cn1. The Kier molecular flexibility index (Phi) is 5.42. The Bertz CT molecular complexity index is 775. The molecule has 0 aliphatic heterocycles. The van der Waals surface area contributed by atoms with E-state index in [1.54, 1.807) is 12.1 Å². The molecule has 24 heavy (non-hydrogen) atoms. The minimum Gasteiger partial charge on any atom is -0.481 e. The minimum atomic E-state index is -4.41. The van der Waals surface area contributed by atoms with Crippen LogP contribution in [0.5, 0.6) is 5.88 Å². The van der Waals surface area contributed by atoms with Gasteiger partial charge >= 0.3 is 6.18 Å². The number of carbonyl (C=O) groups is 1. The van der Waals surface area contributed by atoms with Crippen molar-refractivity contribution in [1.82, 2.24) is 10.3 Å². The lowest BCUT2D eigenvalue weighted by molar-refractivity contribution is -0.137. The molecule has 4 nitrogen and oxygen atoms in total. The van der Waals surface area contributed by atoms with Gasteiger partial charge in [0.15, 0.2) is 0 Å². The Hall–Kier alpha value is -3.01. The molecule has 0 saturated carbocycles. The number of alkyl halides is 3. The molecule has 2 rings (SSSR count). The zero-order valence-electron chi connectivity index (χ0n) is 12.6. The van der Waals surface area contributed by atoms with Crippen molar-refractivity contribution in [2.45, 2.75) is 6.18 Å². The number of benzene rings is 1. The van der Waals surface area contributed by atoms with Crippen LogP contribution in [0.1, 0.15) is 21.5 Å². The van der Waals surface area contributed by atoms with Gasteiger partial charge in [-0.2, -0.15) is 13.2 Å². The second-order valence-corrected chi connectivity index (χ2v) is 4.65. The first-order chi connectivity index (χ1) is 11.4. The summed E-state index contributed by atoms with van der Waals surface area (Å²) in [6, 6.07) is 7.78. The highest BCUT2D eigenvalue weighted by molar-refractivity contribution is 5.94. The highest BCUT2D eigenvalue weighted by Gasteiger charge is 2.30. The van der Waals surface area contributed by atoms with Crippen LogP contribution in [0.15, 0.2) is 42.6 Å². The maximum atomic E-state index is 12.6. The van der Waals surface area contributed by atoms with Crippen LogP contribution in [-0.4, -0.2) is 24.5 Å². The molecule has 1 N–H and O–H groups in total. The number of hydrogen-bond acceptors (Lipinski definition) is 3. The van der Waals surface area contributed by atoms with Gasteiger partial charge in [-0.15, -0.1) is 0 Å². The average Bonchev–Trinajstić information content (AvgIpc) is 2.58. The van der Waals surface area contributed by atoms with E-state index in [-0.39, 0.29) is 18.0 Å². The number of rotatable bonds is 3. The molecule has 0 atom stereocenters. The second-order valence-electron chi connectivity index (χ2n) is 4.65. The summed E-state index contributed by atoms with van der Waals surface area (Å²) in [5.41, 5.74) is -0.204. The molecule has 0 fully saturated rings. The van der Waals surface area contributed by atoms with E-state index in [2.05, 4.69) is 22.1 Å².